The molecule has 1 N–H and O–H groups in total. The minimum atomic E-state index is -0.324. The Labute approximate surface area is 135 Å². The number of benzene rings is 1. The molecule has 0 aliphatic carbocycles. The predicted molar refractivity (Wildman–Crippen MR) is 89.9 cm³/mol. The lowest BCUT2D eigenvalue weighted by atomic mass is 10.0. The quantitative estimate of drug-likeness (QED) is 0.794. The Morgan fingerprint density at radius 3 is 2.60 bits per heavy atom. The van der Waals surface area contributed by atoms with E-state index in [4.69, 9.17) is 0 Å². The molecule has 1 aromatic heterocycles. The molecule has 0 unspecified atom stereocenters. The highest BCUT2D eigenvalue weighted by molar-refractivity contribution is 9.09. The molecule has 106 valence electrons. The van der Waals surface area contributed by atoms with E-state index in [1.807, 2.05) is 44.2 Å². The molecule has 0 fully saturated rings. The number of halogens is 2. The summed E-state index contributed by atoms with van der Waals surface area (Å²) in [5.41, 5.74) is 2.03. The smallest absolute Gasteiger partial charge is 0.252 e. The van der Waals surface area contributed by atoms with Crippen LogP contribution in [-0.2, 0) is 0 Å². The second-order valence-electron chi connectivity index (χ2n) is 5.11. The van der Waals surface area contributed by atoms with Crippen molar-refractivity contribution in [3.63, 3.8) is 0 Å². The third-order valence-corrected chi connectivity index (χ3v) is 5.57. The van der Waals surface area contributed by atoms with Crippen LogP contribution in [0.2, 0.25) is 0 Å². The summed E-state index contributed by atoms with van der Waals surface area (Å²) in [6.45, 7) is 3.89. The number of carbonyl (C=O) groups excluding carboxylic acids is 1. The molecular formula is C15H16Br2N2O. The maximum atomic E-state index is 12.6. The first-order valence-electron chi connectivity index (χ1n) is 6.30. The van der Waals surface area contributed by atoms with Crippen LogP contribution in [0.4, 0.5) is 0 Å². The van der Waals surface area contributed by atoms with Crippen molar-refractivity contribution in [2.75, 3.05) is 10.7 Å². The molecule has 0 spiro atoms. The number of carbonyl (C=O) groups is 1. The first-order chi connectivity index (χ1) is 9.49. The highest BCUT2D eigenvalue weighted by Gasteiger charge is 2.25. The highest BCUT2D eigenvalue weighted by Crippen LogP contribution is 2.20. The third-order valence-electron chi connectivity index (χ3n) is 3.09. The van der Waals surface area contributed by atoms with E-state index in [1.165, 1.54) is 0 Å². The van der Waals surface area contributed by atoms with Crippen LogP contribution < -0.4 is 5.32 Å². The number of aryl methyl sites for hydroxylation is 1. The first kappa shape index (κ1) is 15.4. The molecule has 0 saturated heterocycles. The van der Waals surface area contributed by atoms with Gasteiger partial charge < -0.3 is 5.32 Å². The van der Waals surface area contributed by atoms with E-state index in [9.17, 15) is 4.79 Å². The molecule has 0 saturated carbocycles. The van der Waals surface area contributed by atoms with Gasteiger partial charge in [0.2, 0.25) is 0 Å². The molecule has 0 atom stereocenters. The van der Waals surface area contributed by atoms with Crippen LogP contribution in [0.1, 0.15) is 23.0 Å². The van der Waals surface area contributed by atoms with Gasteiger partial charge in [0.15, 0.2) is 0 Å². The van der Waals surface area contributed by atoms with Crippen LogP contribution in [0.25, 0.3) is 10.9 Å². The van der Waals surface area contributed by atoms with Crippen LogP contribution >= 0.6 is 31.9 Å². The van der Waals surface area contributed by atoms with Crippen molar-refractivity contribution in [3.05, 3.63) is 41.6 Å². The molecule has 0 radical (unpaired) electrons. The van der Waals surface area contributed by atoms with Gasteiger partial charge in [-0.25, -0.2) is 0 Å². The standard InChI is InChI=1S/C15H16Br2N2O/c1-10-7-12(11-5-3-4-6-13(11)18-10)14(20)19-15(2,8-16)9-17/h3-7H,8-9H2,1-2H3,(H,19,20). The topological polar surface area (TPSA) is 42.0 Å². The summed E-state index contributed by atoms with van der Waals surface area (Å²) in [5, 5.41) is 5.30. The van der Waals surface area contributed by atoms with Crippen LogP contribution in [0.15, 0.2) is 30.3 Å². The molecule has 2 aromatic rings. The molecule has 1 amide bonds. The number of pyridine rings is 1. The summed E-state index contributed by atoms with van der Waals surface area (Å²) >= 11 is 6.88. The Morgan fingerprint density at radius 1 is 1.30 bits per heavy atom. The molecule has 0 bridgehead atoms. The number of hydrogen-bond acceptors (Lipinski definition) is 2. The molecule has 0 aliphatic heterocycles. The summed E-state index contributed by atoms with van der Waals surface area (Å²) in [5.74, 6) is -0.0758. The van der Waals surface area contributed by atoms with Gasteiger partial charge >= 0.3 is 0 Å². The van der Waals surface area contributed by atoms with Gasteiger partial charge in [-0.15, -0.1) is 0 Å². The maximum Gasteiger partial charge on any atom is 0.252 e. The van der Waals surface area contributed by atoms with Crippen LogP contribution in [0.5, 0.6) is 0 Å². The average molecular weight is 400 g/mol. The number of para-hydroxylation sites is 1. The van der Waals surface area contributed by atoms with Gasteiger partial charge in [0.25, 0.3) is 5.91 Å². The number of nitrogens with zero attached hydrogens (tertiary/aromatic N) is 1. The summed E-state index contributed by atoms with van der Waals surface area (Å²) in [4.78, 5) is 17.0. The van der Waals surface area contributed by atoms with Gasteiger partial charge in [-0.3, -0.25) is 9.78 Å². The Balaban J connectivity index is 2.44. The fraction of sp³-hybridized carbons (Fsp3) is 0.333. The fourth-order valence-corrected chi connectivity index (χ4v) is 3.15. The monoisotopic (exact) mass is 398 g/mol. The molecule has 1 aromatic carbocycles. The first-order valence-corrected chi connectivity index (χ1v) is 8.54. The van der Waals surface area contributed by atoms with Gasteiger partial charge in [0.05, 0.1) is 16.6 Å². The zero-order chi connectivity index (χ0) is 14.8. The number of fused-ring (bicyclic) bond motifs is 1. The number of rotatable bonds is 4. The highest BCUT2D eigenvalue weighted by atomic mass is 79.9. The summed E-state index contributed by atoms with van der Waals surface area (Å²) in [6, 6.07) is 9.53. The van der Waals surface area contributed by atoms with Gasteiger partial charge in [-0.1, -0.05) is 50.1 Å². The Morgan fingerprint density at radius 2 is 1.95 bits per heavy atom. The van der Waals surface area contributed by atoms with Gasteiger partial charge in [0.1, 0.15) is 0 Å². The lowest BCUT2D eigenvalue weighted by molar-refractivity contribution is 0.0924. The van der Waals surface area contributed by atoms with Crippen LogP contribution in [-0.4, -0.2) is 27.1 Å². The van der Waals surface area contributed by atoms with Crippen molar-refractivity contribution in [1.29, 1.82) is 0 Å². The second kappa shape index (κ2) is 6.22. The zero-order valence-electron chi connectivity index (χ0n) is 11.4. The summed E-state index contributed by atoms with van der Waals surface area (Å²) in [7, 11) is 0. The number of aromatic nitrogens is 1. The van der Waals surface area contributed by atoms with Crippen molar-refractivity contribution >= 4 is 48.7 Å². The Hall–Kier alpha value is -0.940. The average Bonchev–Trinajstić information content (AvgIpc) is 2.46. The second-order valence-corrected chi connectivity index (χ2v) is 6.23. The summed E-state index contributed by atoms with van der Waals surface area (Å²) in [6.07, 6.45) is 0. The van der Waals surface area contributed by atoms with E-state index in [0.29, 0.717) is 16.2 Å². The molecule has 1 heterocycles. The predicted octanol–water partition coefficient (Wildman–Crippen LogP) is 3.82. The number of alkyl halides is 2. The van der Waals surface area contributed by atoms with E-state index in [1.54, 1.807) is 0 Å². The van der Waals surface area contributed by atoms with Crippen LogP contribution in [0, 0.1) is 6.92 Å². The minimum Gasteiger partial charge on any atom is -0.345 e. The minimum absolute atomic E-state index is 0.0758. The van der Waals surface area contributed by atoms with E-state index in [2.05, 4.69) is 42.2 Å². The molecule has 3 nitrogen and oxygen atoms in total. The van der Waals surface area contributed by atoms with Crippen molar-refractivity contribution < 1.29 is 4.79 Å². The van der Waals surface area contributed by atoms with Gasteiger partial charge in [-0.2, -0.15) is 0 Å². The lowest BCUT2D eigenvalue weighted by Gasteiger charge is -2.26. The number of hydrogen-bond donors (Lipinski definition) is 1. The molecule has 20 heavy (non-hydrogen) atoms. The van der Waals surface area contributed by atoms with Gasteiger partial charge in [0, 0.05) is 21.7 Å². The van der Waals surface area contributed by atoms with Crippen molar-refractivity contribution in [1.82, 2.24) is 10.3 Å². The molecule has 5 heteroatoms. The van der Waals surface area contributed by atoms with Crippen molar-refractivity contribution in [3.8, 4) is 0 Å². The SMILES string of the molecule is Cc1cc(C(=O)NC(C)(CBr)CBr)c2ccccc2n1. The Bertz CT molecular complexity index is 639. The zero-order valence-corrected chi connectivity index (χ0v) is 14.6. The van der Waals surface area contributed by atoms with E-state index in [-0.39, 0.29) is 11.4 Å². The number of nitrogens with one attached hydrogen (secondary N) is 1. The van der Waals surface area contributed by atoms with Crippen LogP contribution in [0.3, 0.4) is 0 Å². The fourth-order valence-electron chi connectivity index (χ4n) is 1.94. The van der Waals surface area contributed by atoms with E-state index in [0.717, 1.165) is 16.6 Å². The third kappa shape index (κ3) is 3.20. The largest absolute Gasteiger partial charge is 0.345 e. The summed E-state index contributed by atoms with van der Waals surface area (Å²) < 4.78 is 0. The number of amides is 1. The molecule has 2 rings (SSSR count). The maximum absolute atomic E-state index is 12.6. The van der Waals surface area contributed by atoms with E-state index >= 15 is 0 Å². The lowest BCUT2D eigenvalue weighted by Crippen LogP contribution is -2.49. The Kier molecular flexibility index (Phi) is 4.81. The molecule has 0 aliphatic rings. The molecular weight excluding hydrogens is 384 g/mol. The van der Waals surface area contributed by atoms with Crippen molar-refractivity contribution in [2.24, 2.45) is 0 Å². The van der Waals surface area contributed by atoms with E-state index < -0.39 is 0 Å². The van der Waals surface area contributed by atoms with Gasteiger partial charge in [-0.05, 0) is 26.0 Å². The normalized spacial score (nSPS) is 11.6. The van der Waals surface area contributed by atoms with Crippen molar-refractivity contribution in [2.45, 2.75) is 19.4 Å².